The molecule has 7 heteroatoms. The summed E-state index contributed by atoms with van der Waals surface area (Å²) in [5.41, 5.74) is 1.23. The number of nitrogens with zero attached hydrogens (tertiary/aromatic N) is 2. The molecule has 3 rings (SSSR count). The van der Waals surface area contributed by atoms with Gasteiger partial charge >= 0.3 is 0 Å². The Morgan fingerprint density at radius 1 is 1.32 bits per heavy atom. The molecular weight excluding hydrogens is 342 g/mol. The summed E-state index contributed by atoms with van der Waals surface area (Å²) in [4.78, 5) is 6.34. The first kappa shape index (κ1) is 17.7. The van der Waals surface area contributed by atoms with Gasteiger partial charge in [-0.1, -0.05) is 6.07 Å². The van der Waals surface area contributed by atoms with Gasteiger partial charge < -0.3 is 15.5 Å². The van der Waals surface area contributed by atoms with Crippen molar-refractivity contribution in [2.24, 2.45) is 4.99 Å². The van der Waals surface area contributed by atoms with Gasteiger partial charge in [0.25, 0.3) is 0 Å². The minimum Gasteiger partial charge on any atom is -0.365 e. The molecule has 0 aliphatic carbocycles. The topological polar surface area (TPSA) is 39.7 Å². The van der Waals surface area contributed by atoms with E-state index < -0.39 is 11.6 Å². The molecule has 2 N–H and O–H groups in total. The maximum atomic E-state index is 14.0. The van der Waals surface area contributed by atoms with Crippen molar-refractivity contribution in [2.45, 2.75) is 25.9 Å². The Kier molecular flexibility index (Phi) is 5.86. The van der Waals surface area contributed by atoms with Gasteiger partial charge in [0.05, 0.1) is 6.54 Å². The monoisotopic (exact) mass is 364 g/mol. The highest BCUT2D eigenvalue weighted by molar-refractivity contribution is 7.07. The van der Waals surface area contributed by atoms with Crippen LogP contribution in [0.25, 0.3) is 0 Å². The van der Waals surface area contributed by atoms with E-state index in [-0.39, 0.29) is 11.7 Å². The van der Waals surface area contributed by atoms with Crippen molar-refractivity contribution in [2.75, 3.05) is 24.5 Å². The van der Waals surface area contributed by atoms with Crippen molar-refractivity contribution in [3.05, 3.63) is 52.2 Å². The molecule has 1 aliphatic rings. The van der Waals surface area contributed by atoms with Gasteiger partial charge in [-0.2, -0.15) is 11.3 Å². The maximum Gasteiger partial charge on any atom is 0.191 e. The van der Waals surface area contributed by atoms with Gasteiger partial charge in [-0.3, -0.25) is 0 Å². The molecule has 1 aromatic heterocycles. The van der Waals surface area contributed by atoms with Crippen LogP contribution in [0.4, 0.5) is 14.5 Å². The first-order valence-corrected chi connectivity index (χ1v) is 9.36. The third-order valence-corrected chi connectivity index (χ3v) is 4.86. The number of nitrogens with one attached hydrogen (secondary N) is 2. The Morgan fingerprint density at radius 2 is 2.12 bits per heavy atom. The lowest BCUT2D eigenvalue weighted by molar-refractivity contribution is 0.576. The number of halogens is 2. The Hall–Kier alpha value is -2.15. The SMILES string of the molecule is CCNC(=NCc1ccsc1)NC1CCN(c2c(F)cccc2F)C1. The van der Waals surface area contributed by atoms with Crippen molar-refractivity contribution in [3.8, 4) is 0 Å². The summed E-state index contributed by atoms with van der Waals surface area (Å²) in [7, 11) is 0. The highest BCUT2D eigenvalue weighted by Gasteiger charge is 2.27. The fourth-order valence-electron chi connectivity index (χ4n) is 2.94. The smallest absolute Gasteiger partial charge is 0.191 e. The van der Waals surface area contributed by atoms with Crippen LogP contribution in [0, 0.1) is 11.6 Å². The van der Waals surface area contributed by atoms with E-state index in [1.165, 1.54) is 23.8 Å². The van der Waals surface area contributed by atoms with Gasteiger partial charge in [-0.25, -0.2) is 13.8 Å². The van der Waals surface area contributed by atoms with Crippen LogP contribution in [0.15, 0.2) is 40.0 Å². The Morgan fingerprint density at radius 3 is 2.80 bits per heavy atom. The second kappa shape index (κ2) is 8.29. The zero-order valence-electron chi connectivity index (χ0n) is 14.1. The molecule has 2 aromatic rings. The molecule has 4 nitrogen and oxygen atoms in total. The van der Waals surface area contributed by atoms with Crippen LogP contribution in [-0.4, -0.2) is 31.6 Å². The predicted octanol–water partition coefficient (Wildman–Crippen LogP) is 3.36. The standard InChI is InChI=1S/C18H22F2N4S/c1-2-21-18(22-10-13-7-9-25-12-13)23-14-6-8-24(11-14)17-15(19)4-3-5-16(17)20/h3-5,7,9,12,14H,2,6,8,10-11H2,1H3,(H2,21,22,23). The number of thiophene rings is 1. The van der Waals surface area contributed by atoms with Crippen LogP contribution >= 0.6 is 11.3 Å². The molecule has 0 amide bonds. The molecule has 1 aliphatic heterocycles. The number of hydrogen-bond acceptors (Lipinski definition) is 3. The van der Waals surface area contributed by atoms with E-state index >= 15 is 0 Å². The van der Waals surface area contributed by atoms with Gasteiger partial charge in [0.1, 0.15) is 17.3 Å². The molecule has 1 fully saturated rings. The Balaban J connectivity index is 1.63. The molecule has 1 aromatic carbocycles. The molecule has 2 heterocycles. The normalized spacial score (nSPS) is 17.8. The second-order valence-electron chi connectivity index (χ2n) is 5.97. The van der Waals surface area contributed by atoms with Crippen molar-refractivity contribution in [1.82, 2.24) is 10.6 Å². The number of guanidine groups is 1. The van der Waals surface area contributed by atoms with Crippen LogP contribution in [-0.2, 0) is 6.54 Å². The van der Waals surface area contributed by atoms with E-state index in [0.29, 0.717) is 19.6 Å². The van der Waals surface area contributed by atoms with Crippen molar-refractivity contribution < 1.29 is 8.78 Å². The summed E-state index contributed by atoms with van der Waals surface area (Å²) in [6, 6.07) is 6.13. The van der Waals surface area contributed by atoms with Gasteiger partial charge in [0.2, 0.25) is 0 Å². The third kappa shape index (κ3) is 4.48. The minimum absolute atomic E-state index is 0.0620. The van der Waals surface area contributed by atoms with E-state index in [9.17, 15) is 8.78 Å². The summed E-state index contributed by atoms with van der Waals surface area (Å²) in [5, 5.41) is 10.7. The van der Waals surface area contributed by atoms with E-state index in [1.54, 1.807) is 16.2 Å². The average molecular weight is 364 g/mol. The summed E-state index contributed by atoms with van der Waals surface area (Å²) >= 11 is 1.65. The van der Waals surface area contributed by atoms with E-state index in [1.807, 2.05) is 12.3 Å². The zero-order chi connectivity index (χ0) is 17.6. The van der Waals surface area contributed by atoms with Gasteiger partial charge in [-0.15, -0.1) is 0 Å². The molecule has 1 atom stereocenters. The molecular formula is C18H22F2N4S. The summed E-state index contributed by atoms with van der Waals surface area (Å²) in [6.07, 6.45) is 0.802. The number of rotatable bonds is 5. The lowest BCUT2D eigenvalue weighted by Gasteiger charge is -2.21. The van der Waals surface area contributed by atoms with Crippen LogP contribution < -0.4 is 15.5 Å². The number of hydrogen-bond donors (Lipinski definition) is 2. The zero-order valence-corrected chi connectivity index (χ0v) is 15.0. The fourth-order valence-corrected chi connectivity index (χ4v) is 3.60. The lowest BCUT2D eigenvalue weighted by atomic mass is 10.2. The number of aliphatic imine (C=N–C) groups is 1. The highest BCUT2D eigenvalue weighted by atomic mass is 32.1. The molecule has 0 radical (unpaired) electrons. The molecule has 0 saturated carbocycles. The maximum absolute atomic E-state index is 14.0. The number of anilines is 1. The van der Waals surface area contributed by atoms with E-state index in [4.69, 9.17) is 0 Å². The van der Waals surface area contributed by atoms with Crippen LogP contribution in [0.5, 0.6) is 0 Å². The molecule has 1 unspecified atom stereocenters. The Labute approximate surface area is 150 Å². The third-order valence-electron chi connectivity index (χ3n) is 4.13. The highest BCUT2D eigenvalue weighted by Crippen LogP contribution is 2.26. The van der Waals surface area contributed by atoms with E-state index in [2.05, 4.69) is 27.1 Å². The number of benzene rings is 1. The van der Waals surface area contributed by atoms with Crippen molar-refractivity contribution in [1.29, 1.82) is 0 Å². The van der Waals surface area contributed by atoms with Gasteiger partial charge in [0, 0.05) is 25.7 Å². The van der Waals surface area contributed by atoms with Crippen LogP contribution in [0.1, 0.15) is 18.9 Å². The first-order valence-electron chi connectivity index (χ1n) is 8.42. The quantitative estimate of drug-likeness (QED) is 0.631. The first-order chi connectivity index (χ1) is 12.2. The molecule has 1 saturated heterocycles. The van der Waals surface area contributed by atoms with E-state index in [0.717, 1.165) is 18.9 Å². The van der Waals surface area contributed by atoms with Crippen LogP contribution in [0.2, 0.25) is 0 Å². The van der Waals surface area contributed by atoms with Crippen LogP contribution in [0.3, 0.4) is 0 Å². The molecule has 0 bridgehead atoms. The summed E-state index contributed by atoms with van der Waals surface area (Å²) in [5.74, 6) is -0.299. The second-order valence-corrected chi connectivity index (χ2v) is 6.75. The fraction of sp³-hybridized carbons (Fsp3) is 0.389. The van der Waals surface area contributed by atoms with Gasteiger partial charge in [-0.05, 0) is 47.9 Å². The largest absolute Gasteiger partial charge is 0.365 e. The Bertz CT molecular complexity index is 698. The average Bonchev–Trinajstić information content (AvgIpc) is 3.25. The van der Waals surface area contributed by atoms with Crippen molar-refractivity contribution >= 4 is 23.0 Å². The summed E-state index contributed by atoms with van der Waals surface area (Å²) < 4.78 is 27.9. The lowest BCUT2D eigenvalue weighted by Crippen LogP contribution is -2.44. The van der Waals surface area contributed by atoms with Gasteiger partial charge in [0.15, 0.2) is 5.96 Å². The molecule has 25 heavy (non-hydrogen) atoms. The predicted molar refractivity (Wildman–Crippen MR) is 99.2 cm³/mol. The van der Waals surface area contributed by atoms with Crippen molar-refractivity contribution in [3.63, 3.8) is 0 Å². The molecule has 0 spiro atoms. The minimum atomic E-state index is -0.515. The summed E-state index contributed by atoms with van der Waals surface area (Å²) in [6.45, 7) is 4.53. The number of para-hydroxylation sites is 1. The molecule has 134 valence electrons.